The maximum atomic E-state index is 11.8. The van der Waals surface area contributed by atoms with Crippen LogP contribution in [0.15, 0.2) is 18.2 Å². The number of carbonyl (C=O) groups is 1. The van der Waals surface area contributed by atoms with Crippen LogP contribution < -0.4 is 9.84 Å². The zero-order chi connectivity index (χ0) is 11.6. The molecule has 82 valence electrons. The van der Waals surface area contributed by atoms with Gasteiger partial charge in [0.15, 0.2) is 0 Å². The molecule has 0 aromatic heterocycles. The summed E-state index contributed by atoms with van der Waals surface area (Å²) in [5.74, 6) is -3.81. The summed E-state index contributed by atoms with van der Waals surface area (Å²) in [4.78, 5) is 10.5. The zero-order valence-electron chi connectivity index (χ0n) is 7.04. The summed E-state index contributed by atoms with van der Waals surface area (Å²) < 4.78 is 38.8. The Hall–Kier alpha value is -1.92. The smallest absolute Gasteiger partial charge is 0.573 e. The van der Waals surface area contributed by atoms with Crippen LogP contribution in [0.1, 0.15) is 10.4 Å². The van der Waals surface area contributed by atoms with E-state index in [0.29, 0.717) is 0 Å². The van der Waals surface area contributed by atoms with Crippen LogP contribution in [-0.4, -0.2) is 17.4 Å². The zero-order valence-corrected chi connectivity index (χ0v) is 7.04. The van der Waals surface area contributed by atoms with E-state index in [9.17, 15) is 23.1 Å². The highest BCUT2D eigenvalue weighted by Gasteiger charge is 2.32. The predicted octanol–water partition coefficient (Wildman–Crippen LogP) is 1.36. The topological polar surface area (TPSA) is 69.6 Å². The molecule has 0 spiro atoms. The normalized spacial score (nSPS) is 11.1. The van der Waals surface area contributed by atoms with Crippen molar-refractivity contribution >= 4 is 5.97 Å². The van der Waals surface area contributed by atoms with Gasteiger partial charge in [-0.2, -0.15) is 0 Å². The molecule has 0 atom stereocenters. The number of halogens is 3. The summed E-state index contributed by atoms with van der Waals surface area (Å²) >= 11 is 0. The minimum atomic E-state index is -5.03. The lowest BCUT2D eigenvalue weighted by Crippen LogP contribution is -2.19. The average molecular weight is 221 g/mol. The fraction of sp³-hybridized carbons (Fsp3) is 0.125. The monoisotopic (exact) mass is 221 g/mol. The highest BCUT2D eigenvalue weighted by atomic mass is 19.4. The van der Waals surface area contributed by atoms with Crippen molar-refractivity contribution in [2.24, 2.45) is 0 Å². The lowest BCUT2D eigenvalue weighted by atomic mass is 10.2. The first-order valence-corrected chi connectivity index (χ1v) is 3.60. The van der Waals surface area contributed by atoms with Crippen molar-refractivity contribution in [1.82, 2.24) is 0 Å². The highest BCUT2D eigenvalue weighted by molar-refractivity contribution is 5.93. The molecule has 0 bridgehead atoms. The fourth-order valence-electron chi connectivity index (χ4n) is 0.932. The van der Waals surface area contributed by atoms with Crippen LogP contribution in [0.2, 0.25) is 0 Å². The summed E-state index contributed by atoms with van der Waals surface area (Å²) in [6, 6.07) is 2.58. The van der Waals surface area contributed by atoms with Crippen LogP contribution in [0.25, 0.3) is 0 Å². The molecule has 0 aliphatic carbocycles. The van der Waals surface area contributed by atoms with Crippen molar-refractivity contribution in [3.05, 3.63) is 23.8 Å². The van der Waals surface area contributed by atoms with Crippen molar-refractivity contribution in [2.75, 3.05) is 0 Å². The van der Waals surface area contributed by atoms with E-state index in [4.69, 9.17) is 5.11 Å². The lowest BCUT2D eigenvalue weighted by Gasteiger charge is -2.15. The second-order valence-corrected chi connectivity index (χ2v) is 2.48. The number of hydrogen-bond donors (Lipinski definition) is 1. The number of hydrogen-bond acceptors (Lipinski definition) is 3. The second-order valence-electron chi connectivity index (χ2n) is 2.48. The Kier molecular flexibility index (Phi) is 2.74. The average Bonchev–Trinajstić information content (AvgIpc) is 1.99. The van der Waals surface area contributed by atoms with Gasteiger partial charge in [0.05, 0.1) is 5.56 Å². The van der Waals surface area contributed by atoms with E-state index in [0.717, 1.165) is 18.2 Å². The molecule has 0 aliphatic heterocycles. The van der Waals surface area contributed by atoms with Gasteiger partial charge >= 0.3 is 12.3 Å². The van der Waals surface area contributed by atoms with Crippen LogP contribution in [0.5, 0.6) is 11.5 Å². The minimum Gasteiger partial charge on any atom is -0.872 e. The predicted molar refractivity (Wildman–Crippen MR) is 39.5 cm³/mol. The molecule has 4 nitrogen and oxygen atoms in total. The number of ether oxygens (including phenoxy) is 1. The Labute approximate surface area is 81.5 Å². The first-order chi connectivity index (χ1) is 6.81. The molecule has 0 heterocycles. The van der Waals surface area contributed by atoms with Crippen LogP contribution in [-0.2, 0) is 0 Å². The van der Waals surface area contributed by atoms with Gasteiger partial charge in [-0.1, -0.05) is 17.9 Å². The minimum absolute atomic E-state index is 0.762. The summed E-state index contributed by atoms with van der Waals surface area (Å²) in [7, 11) is 0. The van der Waals surface area contributed by atoms with Crippen molar-refractivity contribution < 1.29 is 32.9 Å². The molecular formula is C8H4F3O4-. The van der Waals surface area contributed by atoms with E-state index in [-0.39, 0.29) is 0 Å². The van der Waals surface area contributed by atoms with E-state index < -0.39 is 29.4 Å². The summed E-state index contributed by atoms with van der Waals surface area (Å²) in [6.07, 6.45) is -5.03. The molecule has 7 heteroatoms. The molecule has 1 rings (SSSR count). The highest BCUT2D eigenvalue weighted by Crippen LogP contribution is 2.30. The molecule has 0 saturated carbocycles. The molecule has 1 aromatic rings. The molecule has 0 saturated heterocycles. The van der Waals surface area contributed by atoms with Gasteiger partial charge in [-0.15, -0.1) is 13.2 Å². The van der Waals surface area contributed by atoms with Crippen LogP contribution in [0, 0.1) is 0 Å². The molecule has 15 heavy (non-hydrogen) atoms. The number of rotatable bonds is 2. The Morgan fingerprint density at radius 1 is 1.40 bits per heavy atom. The maximum Gasteiger partial charge on any atom is 0.573 e. The van der Waals surface area contributed by atoms with Crippen molar-refractivity contribution in [2.45, 2.75) is 6.36 Å². The second kappa shape index (κ2) is 3.68. The Morgan fingerprint density at radius 3 is 2.47 bits per heavy atom. The maximum absolute atomic E-state index is 11.8. The van der Waals surface area contributed by atoms with Crippen LogP contribution >= 0.6 is 0 Å². The number of carboxylic acid groups (broad SMARTS) is 1. The van der Waals surface area contributed by atoms with Gasteiger partial charge in [0.2, 0.25) is 0 Å². The molecule has 1 N–H and O–H groups in total. The fourth-order valence-corrected chi connectivity index (χ4v) is 0.932. The summed E-state index contributed by atoms with van der Waals surface area (Å²) in [5.41, 5.74) is -1.03. The summed E-state index contributed by atoms with van der Waals surface area (Å²) in [5, 5.41) is 19.4. The quantitative estimate of drug-likeness (QED) is 0.818. The van der Waals surface area contributed by atoms with Crippen LogP contribution in [0.3, 0.4) is 0 Å². The molecule has 0 fully saturated rings. The van der Waals surface area contributed by atoms with Gasteiger partial charge in [0, 0.05) is 0 Å². The van der Waals surface area contributed by atoms with Gasteiger partial charge in [-0.25, -0.2) is 4.79 Å². The largest absolute Gasteiger partial charge is 0.872 e. The first kappa shape index (κ1) is 11.2. The van der Waals surface area contributed by atoms with E-state index in [1.165, 1.54) is 0 Å². The third-order valence-corrected chi connectivity index (χ3v) is 1.43. The van der Waals surface area contributed by atoms with Gasteiger partial charge in [0.25, 0.3) is 0 Å². The SMILES string of the molecule is O=C(O)c1c([O-])cccc1OC(F)(F)F. The number of benzene rings is 1. The standard InChI is InChI=1S/C8H5F3O4/c9-8(10,11)15-5-3-1-2-4(12)6(5)7(13)14/h1-3,12H,(H,13,14)/p-1. The molecule has 0 unspecified atom stereocenters. The molecule has 0 aliphatic rings. The molecular weight excluding hydrogens is 217 g/mol. The molecule has 0 amide bonds. The third-order valence-electron chi connectivity index (χ3n) is 1.43. The van der Waals surface area contributed by atoms with Crippen molar-refractivity contribution in [1.29, 1.82) is 0 Å². The lowest BCUT2D eigenvalue weighted by molar-refractivity contribution is -0.278. The van der Waals surface area contributed by atoms with E-state index >= 15 is 0 Å². The number of alkyl halides is 3. The van der Waals surface area contributed by atoms with Crippen molar-refractivity contribution in [3.8, 4) is 11.5 Å². The van der Waals surface area contributed by atoms with E-state index in [1.807, 2.05) is 0 Å². The van der Waals surface area contributed by atoms with Gasteiger partial charge in [-0.05, 0) is 6.07 Å². The molecule has 0 radical (unpaired) electrons. The van der Waals surface area contributed by atoms with Crippen LogP contribution in [0.4, 0.5) is 13.2 Å². The number of carboxylic acids is 1. The van der Waals surface area contributed by atoms with Gasteiger partial charge in [0.1, 0.15) is 5.75 Å². The third kappa shape index (κ3) is 2.76. The van der Waals surface area contributed by atoms with Crippen molar-refractivity contribution in [3.63, 3.8) is 0 Å². The van der Waals surface area contributed by atoms with Gasteiger partial charge < -0.3 is 14.9 Å². The Morgan fingerprint density at radius 2 is 2.00 bits per heavy atom. The first-order valence-electron chi connectivity index (χ1n) is 3.60. The summed E-state index contributed by atoms with van der Waals surface area (Å²) in [6.45, 7) is 0. The number of aromatic carboxylic acids is 1. The molecule has 1 aromatic carbocycles. The Balaban J connectivity index is 3.18. The van der Waals surface area contributed by atoms with Gasteiger partial charge in [-0.3, -0.25) is 0 Å². The van der Waals surface area contributed by atoms with E-state index in [2.05, 4.69) is 4.74 Å². The van der Waals surface area contributed by atoms with E-state index in [1.54, 1.807) is 0 Å². The Bertz CT molecular complexity index is 386.